The molecule has 0 N–H and O–H groups in total. The number of ketones is 1. The third kappa shape index (κ3) is 2.34. The second-order valence-corrected chi connectivity index (χ2v) is 5.89. The quantitative estimate of drug-likeness (QED) is 0.821. The van der Waals surface area contributed by atoms with E-state index in [-0.39, 0.29) is 11.9 Å². The standard InChI is InChI=1S/C14H16O2S/c15-11(8-10-4-3-5-10)13-9-17-14-7-2-1-6-12(14)16-13/h1-2,6-7,10,13H,3-5,8-9H2. The fraction of sp³-hybridized carbons (Fsp3) is 0.500. The lowest BCUT2D eigenvalue weighted by molar-refractivity contribution is -0.126. The second kappa shape index (κ2) is 4.73. The third-order valence-electron chi connectivity index (χ3n) is 3.58. The van der Waals surface area contributed by atoms with Gasteiger partial charge in [0.05, 0.1) is 0 Å². The van der Waals surface area contributed by atoms with Crippen molar-refractivity contribution in [1.29, 1.82) is 0 Å². The van der Waals surface area contributed by atoms with Crippen LogP contribution in [0.4, 0.5) is 0 Å². The lowest BCUT2D eigenvalue weighted by atomic mass is 9.81. The van der Waals surface area contributed by atoms with Gasteiger partial charge in [0.1, 0.15) is 5.75 Å². The first-order chi connectivity index (χ1) is 8.33. The summed E-state index contributed by atoms with van der Waals surface area (Å²) in [4.78, 5) is 13.2. The summed E-state index contributed by atoms with van der Waals surface area (Å²) >= 11 is 1.73. The fourth-order valence-electron chi connectivity index (χ4n) is 2.29. The monoisotopic (exact) mass is 248 g/mol. The number of carbonyl (C=O) groups excluding carboxylic acids is 1. The molecule has 90 valence electrons. The van der Waals surface area contributed by atoms with Gasteiger partial charge in [-0.1, -0.05) is 31.4 Å². The van der Waals surface area contributed by atoms with Gasteiger partial charge in [-0.3, -0.25) is 4.79 Å². The molecule has 0 radical (unpaired) electrons. The topological polar surface area (TPSA) is 26.3 Å². The molecule has 1 atom stereocenters. The molecule has 17 heavy (non-hydrogen) atoms. The summed E-state index contributed by atoms with van der Waals surface area (Å²) in [7, 11) is 0. The zero-order valence-electron chi connectivity index (χ0n) is 9.72. The zero-order chi connectivity index (χ0) is 11.7. The van der Waals surface area contributed by atoms with Gasteiger partial charge < -0.3 is 4.74 Å². The Labute approximate surface area is 106 Å². The maximum absolute atomic E-state index is 12.1. The first-order valence-electron chi connectivity index (χ1n) is 6.24. The molecule has 1 aliphatic carbocycles. The van der Waals surface area contributed by atoms with Crippen LogP contribution < -0.4 is 4.74 Å². The van der Waals surface area contributed by atoms with Crippen molar-refractivity contribution in [1.82, 2.24) is 0 Å². The number of ether oxygens (including phenoxy) is 1. The minimum absolute atomic E-state index is 0.226. The molecule has 1 unspecified atom stereocenters. The molecule has 3 heteroatoms. The molecule has 1 aromatic carbocycles. The van der Waals surface area contributed by atoms with E-state index in [1.54, 1.807) is 11.8 Å². The van der Waals surface area contributed by atoms with Crippen LogP contribution >= 0.6 is 11.8 Å². The van der Waals surface area contributed by atoms with E-state index in [0.29, 0.717) is 12.3 Å². The highest BCUT2D eigenvalue weighted by molar-refractivity contribution is 7.99. The number of para-hydroxylation sites is 1. The van der Waals surface area contributed by atoms with E-state index in [1.807, 2.05) is 24.3 Å². The Hall–Kier alpha value is -0.960. The molecule has 2 aliphatic rings. The van der Waals surface area contributed by atoms with Crippen molar-refractivity contribution in [2.45, 2.75) is 36.7 Å². The van der Waals surface area contributed by atoms with Gasteiger partial charge in [-0.05, 0) is 18.1 Å². The number of thioether (sulfide) groups is 1. The van der Waals surface area contributed by atoms with Crippen molar-refractivity contribution < 1.29 is 9.53 Å². The maximum Gasteiger partial charge on any atom is 0.174 e. The van der Waals surface area contributed by atoms with Crippen LogP contribution in [0.25, 0.3) is 0 Å². The van der Waals surface area contributed by atoms with Crippen molar-refractivity contribution in [3.63, 3.8) is 0 Å². The Morgan fingerprint density at radius 1 is 1.35 bits per heavy atom. The van der Waals surface area contributed by atoms with Crippen molar-refractivity contribution in [2.24, 2.45) is 5.92 Å². The molecule has 1 fully saturated rings. The number of Topliss-reactive ketones (excluding diaryl/α,β-unsaturated/α-hetero) is 1. The van der Waals surface area contributed by atoms with Crippen molar-refractivity contribution >= 4 is 17.5 Å². The molecule has 1 aliphatic heterocycles. The summed E-state index contributed by atoms with van der Waals surface area (Å²) in [6, 6.07) is 7.96. The Kier molecular flexibility index (Phi) is 3.10. The average molecular weight is 248 g/mol. The largest absolute Gasteiger partial charge is 0.481 e. The van der Waals surface area contributed by atoms with Gasteiger partial charge in [0, 0.05) is 17.1 Å². The molecular weight excluding hydrogens is 232 g/mol. The summed E-state index contributed by atoms with van der Waals surface area (Å²) in [5.41, 5.74) is 0. The molecule has 2 nitrogen and oxygen atoms in total. The van der Waals surface area contributed by atoms with E-state index in [9.17, 15) is 4.79 Å². The van der Waals surface area contributed by atoms with Gasteiger partial charge in [0.25, 0.3) is 0 Å². The summed E-state index contributed by atoms with van der Waals surface area (Å²) in [5, 5.41) is 0. The Bertz CT molecular complexity index is 426. The molecule has 1 heterocycles. The SMILES string of the molecule is O=C(CC1CCC1)C1CSc2ccccc2O1. The van der Waals surface area contributed by atoms with Gasteiger partial charge in [-0.15, -0.1) is 11.8 Å². The van der Waals surface area contributed by atoms with Crippen LogP contribution in [-0.4, -0.2) is 17.6 Å². The number of benzene rings is 1. The first-order valence-corrected chi connectivity index (χ1v) is 7.22. The van der Waals surface area contributed by atoms with Crippen LogP contribution in [0.5, 0.6) is 5.75 Å². The molecule has 0 bridgehead atoms. The van der Waals surface area contributed by atoms with E-state index >= 15 is 0 Å². The zero-order valence-corrected chi connectivity index (χ0v) is 10.5. The summed E-state index contributed by atoms with van der Waals surface area (Å²) in [6.07, 6.45) is 4.23. The van der Waals surface area contributed by atoms with E-state index < -0.39 is 0 Å². The van der Waals surface area contributed by atoms with Crippen LogP contribution in [0.15, 0.2) is 29.2 Å². The molecule has 1 aromatic rings. The number of fused-ring (bicyclic) bond motifs is 1. The summed E-state index contributed by atoms with van der Waals surface area (Å²) in [6.45, 7) is 0. The lowest BCUT2D eigenvalue weighted by Gasteiger charge is -2.29. The Morgan fingerprint density at radius 2 is 2.18 bits per heavy atom. The van der Waals surface area contributed by atoms with E-state index in [4.69, 9.17) is 4.74 Å². The predicted octanol–water partition coefficient (Wildman–Crippen LogP) is 3.30. The lowest BCUT2D eigenvalue weighted by Crippen LogP contribution is -2.34. The highest BCUT2D eigenvalue weighted by Gasteiger charge is 2.29. The normalized spacial score (nSPS) is 23.4. The maximum atomic E-state index is 12.1. The summed E-state index contributed by atoms with van der Waals surface area (Å²) < 4.78 is 5.79. The van der Waals surface area contributed by atoms with E-state index in [0.717, 1.165) is 16.4 Å². The molecule has 3 rings (SSSR count). The molecule has 0 spiro atoms. The average Bonchev–Trinajstić information content (AvgIpc) is 2.33. The van der Waals surface area contributed by atoms with E-state index in [1.165, 1.54) is 19.3 Å². The Balaban J connectivity index is 1.64. The highest BCUT2D eigenvalue weighted by Crippen LogP contribution is 2.36. The third-order valence-corrected chi connectivity index (χ3v) is 4.70. The van der Waals surface area contributed by atoms with Gasteiger partial charge in [0.15, 0.2) is 11.9 Å². The Morgan fingerprint density at radius 3 is 2.94 bits per heavy atom. The number of rotatable bonds is 3. The van der Waals surface area contributed by atoms with Gasteiger partial charge >= 0.3 is 0 Å². The number of carbonyl (C=O) groups is 1. The molecular formula is C14H16O2S. The van der Waals surface area contributed by atoms with Gasteiger partial charge in [0.2, 0.25) is 0 Å². The van der Waals surface area contributed by atoms with Crippen molar-refractivity contribution in [3.8, 4) is 5.75 Å². The van der Waals surface area contributed by atoms with Crippen LogP contribution in [0, 0.1) is 5.92 Å². The van der Waals surface area contributed by atoms with Gasteiger partial charge in [-0.2, -0.15) is 0 Å². The van der Waals surface area contributed by atoms with Crippen molar-refractivity contribution in [3.05, 3.63) is 24.3 Å². The highest BCUT2D eigenvalue weighted by atomic mass is 32.2. The smallest absolute Gasteiger partial charge is 0.174 e. The minimum Gasteiger partial charge on any atom is -0.481 e. The van der Waals surface area contributed by atoms with Crippen molar-refractivity contribution in [2.75, 3.05) is 5.75 Å². The predicted molar refractivity (Wildman–Crippen MR) is 68.5 cm³/mol. The minimum atomic E-state index is -0.226. The molecule has 1 saturated carbocycles. The van der Waals surface area contributed by atoms with Gasteiger partial charge in [-0.25, -0.2) is 0 Å². The number of hydrogen-bond donors (Lipinski definition) is 0. The fourth-order valence-corrected chi connectivity index (χ4v) is 3.31. The van der Waals surface area contributed by atoms with Crippen LogP contribution in [-0.2, 0) is 4.79 Å². The summed E-state index contributed by atoms with van der Waals surface area (Å²) in [5.74, 6) is 2.56. The number of hydrogen-bond acceptors (Lipinski definition) is 3. The van der Waals surface area contributed by atoms with Crippen LogP contribution in [0.3, 0.4) is 0 Å². The van der Waals surface area contributed by atoms with Crippen LogP contribution in [0.1, 0.15) is 25.7 Å². The molecule has 0 saturated heterocycles. The molecule has 0 amide bonds. The van der Waals surface area contributed by atoms with Crippen LogP contribution in [0.2, 0.25) is 0 Å². The first kappa shape index (κ1) is 11.1. The second-order valence-electron chi connectivity index (χ2n) is 4.83. The molecule has 0 aromatic heterocycles. The van der Waals surface area contributed by atoms with E-state index in [2.05, 4.69) is 0 Å².